The number of urea groups is 1. The number of ether oxygens (including phenoxy) is 1. The molecule has 2 amide bonds. The van der Waals surface area contributed by atoms with Gasteiger partial charge < -0.3 is 20.5 Å². The quantitative estimate of drug-likeness (QED) is 0.591. The van der Waals surface area contributed by atoms with Crippen LogP contribution in [0.25, 0.3) is 0 Å². The summed E-state index contributed by atoms with van der Waals surface area (Å²) in [6.45, 7) is 3.16. The summed E-state index contributed by atoms with van der Waals surface area (Å²) in [7, 11) is 1.67. The van der Waals surface area contributed by atoms with Gasteiger partial charge in [-0.05, 0) is 31.1 Å². The van der Waals surface area contributed by atoms with E-state index in [1.807, 2.05) is 6.92 Å². The predicted molar refractivity (Wildman–Crippen MR) is 71.0 cm³/mol. The highest BCUT2D eigenvalue weighted by molar-refractivity contribution is 5.82. The van der Waals surface area contributed by atoms with Crippen molar-refractivity contribution >= 4 is 12.0 Å². The van der Waals surface area contributed by atoms with E-state index in [1.165, 1.54) is 0 Å². The Morgan fingerprint density at radius 2 is 2.11 bits per heavy atom. The van der Waals surface area contributed by atoms with Crippen LogP contribution >= 0.6 is 0 Å². The molecular formula is C13H24N2O4. The number of aliphatic carboxylic acids is 1. The van der Waals surface area contributed by atoms with Gasteiger partial charge in [0.1, 0.15) is 6.04 Å². The molecule has 3 N–H and O–H groups in total. The molecule has 1 fully saturated rings. The minimum atomic E-state index is -0.988. The zero-order valence-electron chi connectivity index (χ0n) is 11.7. The Morgan fingerprint density at radius 3 is 2.58 bits per heavy atom. The predicted octanol–water partition coefficient (Wildman–Crippen LogP) is 1.36. The van der Waals surface area contributed by atoms with Gasteiger partial charge in [-0.25, -0.2) is 9.59 Å². The number of nitrogens with one attached hydrogen (secondary N) is 2. The minimum Gasteiger partial charge on any atom is -0.480 e. The molecule has 110 valence electrons. The topological polar surface area (TPSA) is 87.7 Å². The maximum atomic E-state index is 11.7. The van der Waals surface area contributed by atoms with E-state index in [2.05, 4.69) is 10.6 Å². The molecule has 0 aromatic carbocycles. The lowest BCUT2D eigenvalue weighted by Crippen LogP contribution is -2.47. The van der Waals surface area contributed by atoms with Gasteiger partial charge in [-0.15, -0.1) is 0 Å². The molecule has 6 nitrogen and oxygen atoms in total. The Hall–Kier alpha value is -1.30. The van der Waals surface area contributed by atoms with E-state index < -0.39 is 18.0 Å². The van der Waals surface area contributed by atoms with Crippen molar-refractivity contribution in [3.63, 3.8) is 0 Å². The van der Waals surface area contributed by atoms with Crippen LogP contribution in [0.5, 0.6) is 0 Å². The number of hydrogen-bond donors (Lipinski definition) is 3. The monoisotopic (exact) mass is 272 g/mol. The molecule has 0 unspecified atom stereocenters. The molecule has 0 aromatic heterocycles. The fraction of sp³-hybridized carbons (Fsp3) is 0.846. The average molecular weight is 272 g/mol. The highest BCUT2D eigenvalue weighted by Gasteiger charge is 2.42. The molecule has 0 heterocycles. The maximum Gasteiger partial charge on any atom is 0.326 e. The molecule has 1 atom stereocenters. The Kier molecular flexibility index (Phi) is 6.08. The fourth-order valence-electron chi connectivity index (χ4n) is 2.03. The first-order valence-electron chi connectivity index (χ1n) is 6.79. The van der Waals surface area contributed by atoms with Gasteiger partial charge in [-0.1, -0.05) is 13.3 Å². The summed E-state index contributed by atoms with van der Waals surface area (Å²) in [4.78, 5) is 22.6. The number of carboxylic acid groups (broad SMARTS) is 1. The Morgan fingerprint density at radius 1 is 1.42 bits per heavy atom. The first-order chi connectivity index (χ1) is 9.03. The summed E-state index contributed by atoms with van der Waals surface area (Å²) in [6, 6.07) is -1.20. The van der Waals surface area contributed by atoms with Gasteiger partial charge in [0.2, 0.25) is 0 Å². The Labute approximate surface area is 113 Å². The molecule has 1 rings (SSSR count). The van der Waals surface area contributed by atoms with Crippen LogP contribution in [0.15, 0.2) is 0 Å². The van der Waals surface area contributed by atoms with Crippen LogP contribution in [-0.4, -0.2) is 43.4 Å². The zero-order valence-corrected chi connectivity index (χ0v) is 11.7. The normalized spacial score (nSPS) is 17.6. The first kappa shape index (κ1) is 15.8. The van der Waals surface area contributed by atoms with Crippen LogP contribution in [-0.2, 0) is 9.53 Å². The average Bonchev–Trinajstić information content (AvgIpc) is 3.14. The molecule has 19 heavy (non-hydrogen) atoms. The Bertz CT molecular complexity index is 316. The van der Waals surface area contributed by atoms with Crippen molar-refractivity contribution in [2.45, 2.75) is 45.1 Å². The molecule has 0 saturated heterocycles. The van der Waals surface area contributed by atoms with Crippen molar-refractivity contribution in [2.24, 2.45) is 5.41 Å². The second-order valence-corrected chi connectivity index (χ2v) is 5.25. The van der Waals surface area contributed by atoms with Crippen molar-refractivity contribution in [2.75, 3.05) is 20.3 Å². The second-order valence-electron chi connectivity index (χ2n) is 5.25. The number of carbonyl (C=O) groups is 2. The van der Waals surface area contributed by atoms with Gasteiger partial charge in [0, 0.05) is 20.3 Å². The van der Waals surface area contributed by atoms with Gasteiger partial charge in [0.05, 0.1) is 0 Å². The van der Waals surface area contributed by atoms with Crippen LogP contribution in [0, 0.1) is 5.41 Å². The van der Waals surface area contributed by atoms with Crippen LogP contribution < -0.4 is 10.6 Å². The third-order valence-electron chi connectivity index (χ3n) is 3.60. The number of amides is 2. The Balaban J connectivity index is 2.29. The largest absolute Gasteiger partial charge is 0.480 e. The minimum absolute atomic E-state index is 0.164. The van der Waals surface area contributed by atoms with Gasteiger partial charge >= 0.3 is 12.0 Å². The van der Waals surface area contributed by atoms with E-state index in [0.29, 0.717) is 19.6 Å². The number of hydrogen-bond acceptors (Lipinski definition) is 3. The molecule has 1 aliphatic carbocycles. The summed E-state index contributed by atoms with van der Waals surface area (Å²) in [5.74, 6) is -0.988. The number of carboxylic acids is 1. The third-order valence-corrected chi connectivity index (χ3v) is 3.60. The summed E-state index contributed by atoms with van der Waals surface area (Å²) < 4.78 is 5.05. The molecule has 0 aliphatic heterocycles. The van der Waals surface area contributed by atoms with Crippen LogP contribution in [0.3, 0.4) is 0 Å². The molecule has 0 radical (unpaired) electrons. The SMILES string of the molecule is CCC[C@@H](NC(=O)NCC1(CCOC)CC1)C(=O)O. The lowest BCUT2D eigenvalue weighted by Gasteiger charge is -2.18. The summed E-state index contributed by atoms with van der Waals surface area (Å²) in [6.07, 6.45) is 4.27. The van der Waals surface area contributed by atoms with Crippen LogP contribution in [0.1, 0.15) is 39.0 Å². The highest BCUT2D eigenvalue weighted by Crippen LogP contribution is 2.48. The van der Waals surface area contributed by atoms with Gasteiger partial charge in [-0.2, -0.15) is 0 Å². The van der Waals surface area contributed by atoms with E-state index in [4.69, 9.17) is 9.84 Å². The second kappa shape index (κ2) is 7.33. The third kappa shape index (κ3) is 5.46. The van der Waals surface area contributed by atoms with E-state index in [0.717, 1.165) is 25.7 Å². The van der Waals surface area contributed by atoms with E-state index >= 15 is 0 Å². The number of rotatable bonds is 9. The van der Waals surface area contributed by atoms with Crippen molar-refractivity contribution in [1.82, 2.24) is 10.6 Å². The molecule has 1 aliphatic rings. The number of carbonyl (C=O) groups excluding carboxylic acids is 1. The van der Waals surface area contributed by atoms with E-state index in [-0.39, 0.29) is 5.41 Å². The van der Waals surface area contributed by atoms with Crippen molar-refractivity contribution < 1.29 is 19.4 Å². The van der Waals surface area contributed by atoms with Crippen LogP contribution in [0.4, 0.5) is 4.79 Å². The fourth-order valence-corrected chi connectivity index (χ4v) is 2.03. The molecule has 0 spiro atoms. The lowest BCUT2D eigenvalue weighted by molar-refractivity contribution is -0.139. The molecule has 0 aromatic rings. The molecule has 6 heteroatoms. The maximum absolute atomic E-state index is 11.7. The smallest absolute Gasteiger partial charge is 0.326 e. The lowest BCUT2D eigenvalue weighted by atomic mass is 10.0. The van der Waals surface area contributed by atoms with Crippen LogP contribution in [0.2, 0.25) is 0 Å². The standard InChI is InChI=1S/C13H24N2O4/c1-3-4-10(11(16)17)15-12(18)14-9-13(5-6-13)7-8-19-2/h10H,3-9H2,1-2H3,(H,16,17)(H2,14,15,18)/t10-/m1/s1. The van der Waals surface area contributed by atoms with Crippen molar-refractivity contribution in [1.29, 1.82) is 0 Å². The highest BCUT2D eigenvalue weighted by atomic mass is 16.5. The molecule has 0 bridgehead atoms. The first-order valence-corrected chi connectivity index (χ1v) is 6.79. The molecular weight excluding hydrogens is 248 g/mol. The summed E-state index contributed by atoms with van der Waals surface area (Å²) in [5, 5.41) is 14.2. The van der Waals surface area contributed by atoms with Gasteiger partial charge in [0.15, 0.2) is 0 Å². The van der Waals surface area contributed by atoms with Gasteiger partial charge in [0.25, 0.3) is 0 Å². The zero-order chi connectivity index (χ0) is 14.3. The number of methoxy groups -OCH3 is 1. The molecule has 1 saturated carbocycles. The van der Waals surface area contributed by atoms with Gasteiger partial charge in [-0.3, -0.25) is 0 Å². The van der Waals surface area contributed by atoms with E-state index in [1.54, 1.807) is 7.11 Å². The summed E-state index contributed by atoms with van der Waals surface area (Å²) >= 11 is 0. The van der Waals surface area contributed by atoms with E-state index in [9.17, 15) is 9.59 Å². The summed E-state index contributed by atoms with van der Waals surface area (Å²) in [5.41, 5.74) is 0.164. The van der Waals surface area contributed by atoms with Crippen molar-refractivity contribution in [3.8, 4) is 0 Å². The van der Waals surface area contributed by atoms with Crippen molar-refractivity contribution in [3.05, 3.63) is 0 Å².